The molecule has 1 N–H and O–H groups in total. The van der Waals surface area contributed by atoms with Gasteiger partial charge in [-0.2, -0.15) is 18.4 Å². The zero-order valence-electron chi connectivity index (χ0n) is 20.3. The zero-order chi connectivity index (χ0) is 25.8. The molecule has 1 heterocycles. The van der Waals surface area contributed by atoms with Crippen LogP contribution in [0.25, 0.3) is 11.0 Å². The highest BCUT2D eigenvalue weighted by molar-refractivity contribution is 8.00. The van der Waals surface area contributed by atoms with Gasteiger partial charge in [-0.15, -0.1) is 5.10 Å². The number of nitrogens with zero attached hydrogens (tertiary/aromatic N) is 4. The van der Waals surface area contributed by atoms with Crippen molar-refractivity contribution < 1.29 is 8.42 Å². The molecule has 1 aromatic heterocycles. The van der Waals surface area contributed by atoms with E-state index in [1.807, 2.05) is 92.7 Å². The highest BCUT2D eigenvalue weighted by atomic mass is 32.2. The lowest BCUT2D eigenvalue weighted by Gasteiger charge is -2.20. The second-order valence-corrected chi connectivity index (χ2v) is 11.4. The van der Waals surface area contributed by atoms with Gasteiger partial charge in [0.15, 0.2) is 0 Å². The third-order valence-electron chi connectivity index (χ3n) is 5.79. The highest BCUT2D eigenvalue weighted by Gasteiger charge is 2.26. The maximum absolute atomic E-state index is 13.2. The number of thioether (sulfide) groups is 1. The van der Waals surface area contributed by atoms with Gasteiger partial charge in [0, 0.05) is 10.5 Å². The molecule has 0 aliphatic rings. The first-order valence-electron chi connectivity index (χ1n) is 11.7. The van der Waals surface area contributed by atoms with Crippen molar-refractivity contribution in [3.63, 3.8) is 0 Å². The number of nitrogens with one attached hydrogen (secondary N) is 1. The van der Waals surface area contributed by atoms with Gasteiger partial charge in [-0.3, -0.25) is 0 Å². The average Bonchev–Trinajstić information content (AvgIpc) is 3.34. The molecule has 4 aromatic carbocycles. The van der Waals surface area contributed by atoms with E-state index in [0.717, 1.165) is 32.6 Å². The monoisotopic (exact) mass is 527 g/mol. The first kappa shape index (κ1) is 24.7. The number of hydrogen-bond acceptors (Lipinski definition) is 6. The van der Waals surface area contributed by atoms with Crippen LogP contribution in [0.4, 0.5) is 0 Å². The van der Waals surface area contributed by atoms with Gasteiger partial charge >= 0.3 is 0 Å². The van der Waals surface area contributed by atoms with Gasteiger partial charge in [-0.1, -0.05) is 94.8 Å². The fraction of sp³-hybridized carbons (Fsp3) is 0.107. The number of aromatic nitrogens is 3. The van der Waals surface area contributed by atoms with Crippen molar-refractivity contribution in [2.45, 2.75) is 29.0 Å². The number of rotatable bonds is 8. The van der Waals surface area contributed by atoms with Crippen LogP contribution in [0.2, 0.25) is 0 Å². The van der Waals surface area contributed by atoms with E-state index < -0.39 is 15.4 Å². The summed E-state index contributed by atoms with van der Waals surface area (Å²) in [4.78, 5) is 3.59. The Balaban J connectivity index is 1.65. The molecular weight excluding hydrogens is 502 g/mol. The second kappa shape index (κ2) is 10.6. The number of aryl methyl sites for hydroxylation is 2. The number of fused-ring (bicyclic) bond motifs is 1. The highest BCUT2D eigenvalue weighted by Crippen LogP contribution is 2.35. The lowest BCUT2D eigenvalue weighted by Crippen LogP contribution is -2.25. The minimum absolute atomic E-state index is 0.142. The van der Waals surface area contributed by atoms with Crippen LogP contribution in [-0.4, -0.2) is 29.1 Å². The number of hydrazone groups is 1. The lowest BCUT2D eigenvalue weighted by atomic mass is 10.1. The summed E-state index contributed by atoms with van der Waals surface area (Å²) >= 11 is 1.51. The quantitative estimate of drug-likeness (QED) is 0.158. The summed E-state index contributed by atoms with van der Waals surface area (Å²) < 4.78 is 28.1. The van der Waals surface area contributed by atoms with Crippen LogP contribution in [0, 0.1) is 13.8 Å². The van der Waals surface area contributed by atoms with Gasteiger partial charge in [-0.25, -0.2) is 4.68 Å². The summed E-state index contributed by atoms with van der Waals surface area (Å²) in [7, 11) is -3.90. The molecule has 0 bridgehead atoms. The normalized spacial score (nSPS) is 13.0. The van der Waals surface area contributed by atoms with Crippen molar-refractivity contribution >= 4 is 38.5 Å². The maximum Gasteiger partial charge on any atom is 0.276 e. The summed E-state index contributed by atoms with van der Waals surface area (Å²) in [6, 6.07) is 32.0. The van der Waals surface area contributed by atoms with Crippen LogP contribution in [0.5, 0.6) is 0 Å². The molecule has 0 fully saturated rings. The second-order valence-electron chi connectivity index (χ2n) is 8.58. The Morgan fingerprint density at radius 2 is 1.46 bits per heavy atom. The van der Waals surface area contributed by atoms with Gasteiger partial charge < -0.3 is 0 Å². The van der Waals surface area contributed by atoms with Crippen LogP contribution in [0.15, 0.2) is 118 Å². The van der Waals surface area contributed by atoms with Crippen LogP contribution >= 0.6 is 11.8 Å². The van der Waals surface area contributed by atoms with E-state index in [1.165, 1.54) is 11.8 Å². The van der Waals surface area contributed by atoms with Gasteiger partial charge in [0.2, 0.25) is 0 Å². The molecule has 1 unspecified atom stereocenters. The molecule has 0 saturated carbocycles. The Hall–Kier alpha value is -3.95. The molecule has 186 valence electrons. The number of hydrogen-bond donors (Lipinski definition) is 1. The van der Waals surface area contributed by atoms with Gasteiger partial charge in [0.25, 0.3) is 10.0 Å². The standard InChI is InChI=1S/C28H25N5O2S2/c1-20-12-16-22(17-13-20)27(30-32-37(34,35)24-18-14-21(2)15-19-24)28(36-23-8-4-3-5-9-23)33-26-11-7-6-10-25(26)29-31-33/h3-19,28,32H,1-2H3. The fourth-order valence-electron chi connectivity index (χ4n) is 3.78. The predicted octanol–water partition coefficient (Wildman–Crippen LogP) is 5.72. The van der Waals surface area contributed by atoms with Crippen molar-refractivity contribution in [1.29, 1.82) is 0 Å². The molecule has 0 aliphatic carbocycles. The molecule has 0 aliphatic heterocycles. The molecule has 0 radical (unpaired) electrons. The van der Waals surface area contributed by atoms with E-state index in [2.05, 4.69) is 20.2 Å². The summed E-state index contributed by atoms with van der Waals surface area (Å²) in [5.41, 5.74) is 4.88. The van der Waals surface area contributed by atoms with Crippen molar-refractivity contribution in [1.82, 2.24) is 19.8 Å². The molecule has 5 aromatic rings. The van der Waals surface area contributed by atoms with Gasteiger partial charge in [-0.05, 0) is 50.2 Å². The molecule has 0 spiro atoms. The van der Waals surface area contributed by atoms with E-state index in [0.29, 0.717) is 5.71 Å². The maximum atomic E-state index is 13.2. The Morgan fingerprint density at radius 3 is 2.16 bits per heavy atom. The minimum Gasteiger partial charge on any atom is -0.225 e. The molecule has 7 nitrogen and oxygen atoms in total. The molecule has 9 heteroatoms. The summed E-state index contributed by atoms with van der Waals surface area (Å²) in [5.74, 6) is 0. The summed E-state index contributed by atoms with van der Waals surface area (Å²) in [6.45, 7) is 3.91. The molecular formula is C28H25N5O2S2. The smallest absolute Gasteiger partial charge is 0.225 e. The van der Waals surface area contributed by atoms with Crippen molar-refractivity contribution in [2.24, 2.45) is 5.10 Å². The van der Waals surface area contributed by atoms with Crippen LogP contribution < -0.4 is 4.83 Å². The summed E-state index contributed by atoms with van der Waals surface area (Å²) in [5, 5.41) is 12.8. The third-order valence-corrected chi connectivity index (χ3v) is 8.20. The molecule has 37 heavy (non-hydrogen) atoms. The molecule has 0 saturated heterocycles. The predicted molar refractivity (Wildman–Crippen MR) is 148 cm³/mol. The van der Waals surface area contributed by atoms with Crippen molar-refractivity contribution in [3.8, 4) is 0 Å². The topological polar surface area (TPSA) is 89.2 Å². The molecule has 0 amide bonds. The van der Waals surface area contributed by atoms with Crippen LogP contribution in [0.3, 0.4) is 0 Å². The van der Waals surface area contributed by atoms with Gasteiger partial charge in [0.1, 0.15) is 16.6 Å². The Kier molecular flexibility index (Phi) is 7.07. The fourth-order valence-corrected chi connectivity index (χ4v) is 5.72. The number of sulfonamides is 1. The first-order chi connectivity index (χ1) is 17.9. The van der Waals surface area contributed by atoms with Crippen molar-refractivity contribution in [2.75, 3.05) is 0 Å². The Morgan fingerprint density at radius 1 is 0.838 bits per heavy atom. The molecule has 1 atom stereocenters. The largest absolute Gasteiger partial charge is 0.276 e. The van der Waals surface area contributed by atoms with E-state index in [-0.39, 0.29) is 4.90 Å². The van der Waals surface area contributed by atoms with Crippen LogP contribution in [-0.2, 0) is 10.0 Å². The van der Waals surface area contributed by atoms with Gasteiger partial charge in [0.05, 0.1) is 10.4 Å². The van der Waals surface area contributed by atoms with Crippen molar-refractivity contribution in [3.05, 3.63) is 120 Å². The van der Waals surface area contributed by atoms with Crippen LogP contribution in [0.1, 0.15) is 22.1 Å². The Labute approximate surface area is 220 Å². The average molecular weight is 528 g/mol. The Bertz CT molecular complexity index is 1650. The first-order valence-corrected chi connectivity index (χ1v) is 14.0. The number of para-hydroxylation sites is 1. The van der Waals surface area contributed by atoms with E-state index in [1.54, 1.807) is 28.9 Å². The molecule has 5 rings (SSSR count). The zero-order valence-corrected chi connectivity index (χ0v) is 21.9. The third kappa shape index (κ3) is 5.58. The number of benzene rings is 4. The van der Waals surface area contributed by atoms with E-state index >= 15 is 0 Å². The summed E-state index contributed by atoms with van der Waals surface area (Å²) in [6.07, 6.45) is 0. The SMILES string of the molecule is Cc1ccc(C(=NNS(=O)(=O)c2ccc(C)cc2)C(Sc2ccccc2)n2nnc3ccccc32)cc1. The lowest BCUT2D eigenvalue weighted by molar-refractivity contribution is 0.584. The van der Waals surface area contributed by atoms with E-state index in [9.17, 15) is 8.42 Å². The van der Waals surface area contributed by atoms with E-state index in [4.69, 9.17) is 0 Å². The minimum atomic E-state index is -3.90.